The van der Waals surface area contributed by atoms with Crippen molar-refractivity contribution in [2.75, 3.05) is 0 Å². The molecular weight excluding hydrogens is 388 g/mol. The number of hydrogen-bond acceptors (Lipinski definition) is 2. The molecule has 0 aliphatic heterocycles. The Morgan fingerprint density at radius 2 is 1.44 bits per heavy atom. The van der Waals surface area contributed by atoms with Crippen molar-refractivity contribution in [3.8, 4) is 0 Å². The van der Waals surface area contributed by atoms with Gasteiger partial charge in [-0.3, -0.25) is 0 Å². The van der Waals surface area contributed by atoms with Gasteiger partial charge in [0.1, 0.15) is 0 Å². The molecule has 2 radical (unpaired) electrons. The van der Waals surface area contributed by atoms with E-state index in [9.17, 15) is 0 Å². The van der Waals surface area contributed by atoms with Crippen LogP contribution in [-0.2, 0) is 102 Å². The summed E-state index contributed by atoms with van der Waals surface area (Å²) in [7, 11) is 0. The van der Waals surface area contributed by atoms with Gasteiger partial charge in [-0.1, -0.05) is 0 Å². The monoisotopic (exact) mass is 390 g/mol. The van der Waals surface area contributed by atoms with Crippen LogP contribution in [-0.4, -0.2) is 9.67 Å². The maximum atomic E-state index is 8.25. The van der Waals surface area contributed by atoms with E-state index in [1.54, 1.807) is 0 Å². The Bertz CT molecular complexity index is 27.8. The van der Waals surface area contributed by atoms with E-state index in [4.69, 9.17) is 7.51 Å². The molecule has 0 bridgehead atoms. The summed E-state index contributed by atoms with van der Waals surface area (Å²) in [4.78, 5) is 0. The molecule has 0 fully saturated rings. The Labute approximate surface area is 110 Å². The van der Waals surface area contributed by atoms with E-state index in [0.717, 1.165) is 20.4 Å². The zero-order chi connectivity index (χ0) is 4.71. The summed E-state index contributed by atoms with van der Waals surface area (Å²) >= 11 is 3.64. The van der Waals surface area contributed by atoms with Crippen LogP contribution in [0.5, 0.6) is 0 Å². The van der Waals surface area contributed by atoms with Crippen molar-refractivity contribution in [3.63, 3.8) is 0 Å². The fourth-order valence-corrected chi connectivity index (χ4v) is 0. The predicted octanol–water partition coefficient (Wildman–Crippen LogP) is -1.52. The average molecular weight is 391 g/mol. The second-order valence-corrected chi connectivity index (χ2v) is 1.02. The Balaban J connectivity index is -0.00000000357. The Kier molecular flexibility index (Phi) is 309. The zero-order valence-electron chi connectivity index (χ0n) is 3.54. The number of hydrogen-bond donors (Lipinski definition) is 1. The first-order valence-corrected chi connectivity index (χ1v) is 3.81. The number of rotatable bonds is 0. The first-order chi connectivity index (χ1) is 2.41. The van der Waals surface area contributed by atoms with Gasteiger partial charge < -0.3 is 5.48 Å². The molecule has 0 spiro atoms. The first-order valence-electron chi connectivity index (χ1n) is 0.507. The van der Waals surface area contributed by atoms with E-state index < -0.39 is 0 Å². The van der Waals surface area contributed by atoms with E-state index in [-0.39, 0.29) is 69.3 Å². The molecule has 3 N–H and O–H groups in total. The molecule has 0 aromatic rings. The molecule has 0 aromatic heterocycles. The topological polar surface area (TPSA) is 68.8 Å². The van der Waals surface area contributed by atoms with Crippen LogP contribution in [0.2, 0.25) is 0 Å². The summed E-state index contributed by atoms with van der Waals surface area (Å²) in [6.07, 6.45) is 0. The quantitative estimate of drug-likeness (QED) is 0.511. The van der Waals surface area contributed by atoms with Crippen LogP contribution in [0.25, 0.3) is 0 Å². The summed E-state index contributed by atoms with van der Waals surface area (Å²) in [6.45, 7) is 0. The minimum atomic E-state index is -0.188. The van der Waals surface area contributed by atoms with Crippen molar-refractivity contribution in [2.45, 2.75) is 0 Å². The third-order valence-electron chi connectivity index (χ3n) is 0. The summed E-state index contributed by atoms with van der Waals surface area (Å²) in [6, 6.07) is 0. The van der Waals surface area contributed by atoms with Gasteiger partial charge in [0.2, 0.25) is 0 Å². The minimum absolute atomic E-state index is 0. The van der Waals surface area contributed by atoms with Gasteiger partial charge in [-0.05, 0) is 0 Å². The van der Waals surface area contributed by atoms with Crippen molar-refractivity contribution in [2.24, 2.45) is 0 Å². The molecule has 0 atom stereocenters. The Morgan fingerprint density at radius 3 is 1.44 bits per heavy atom. The summed E-state index contributed by atoms with van der Waals surface area (Å²) < 4.78 is 15.7. The van der Waals surface area contributed by atoms with E-state index >= 15 is 0 Å². The molecule has 70 valence electrons. The van der Waals surface area contributed by atoms with Gasteiger partial charge >= 0.3 is 55.6 Å². The molecule has 0 aliphatic carbocycles. The van der Waals surface area contributed by atoms with Gasteiger partial charge in [0, 0.05) is 50.3 Å². The predicted molar refractivity (Wildman–Crippen MR) is 6.52 cm³/mol. The molecule has 0 aromatic carbocycles. The van der Waals surface area contributed by atoms with Crippen molar-refractivity contribution in [3.05, 3.63) is 0 Å². The van der Waals surface area contributed by atoms with E-state index in [1.165, 1.54) is 0 Å². The summed E-state index contributed by atoms with van der Waals surface area (Å²) in [5.41, 5.74) is 0. The van der Waals surface area contributed by atoms with E-state index in [0.29, 0.717) is 0 Å². The fraction of sp³-hybridized carbons (Fsp3) is 0. The molecular formula is H3CoCuFeMnNiO3Ti. The van der Waals surface area contributed by atoms with Gasteiger partial charge in [0.25, 0.3) is 0 Å². The van der Waals surface area contributed by atoms with Gasteiger partial charge in [-0.2, -0.15) is 0 Å². The van der Waals surface area contributed by atoms with Gasteiger partial charge in [-0.15, -0.1) is 0 Å². The van der Waals surface area contributed by atoms with Crippen LogP contribution in [0.4, 0.5) is 0 Å². The third kappa shape index (κ3) is 99.3. The average Bonchev–Trinajstić information content (AvgIpc) is 1.46. The standard InChI is InChI=1S/Co.Cu.Fe.Mn.Ni.2H2O.O.Ti/h;;;;;2*1H2;;/q;;;+1;;;;;/p-1. The molecule has 0 amide bonds. The van der Waals surface area contributed by atoms with Crippen molar-refractivity contribution < 1.29 is 111 Å². The van der Waals surface area contributed by atoms with Gasteiger partial charge in [0.15, 0.2) is 0 Å². The van der Waals surface area contributed by atoms with E-state index in [1.807, 2.05) is 0 Å². The van der Waals surface area contributed by atoms with Crippen molar-refractivity contribution in [1.82, 2.24) is 0 Å². The molecule has 0 saturated carbocycles. The Hall–Kier alpha value is 2.99. The third-order valence-corrected chi connectivity index (χ3v) is 0. The van der Waals surface area contributed by atoms with Crippen molar-refractivity contribution >= 4 is 0 Å². The summed E-state index contributed by atoms with van der Waals surface area (Å²) in [5, 5.41) is 0. The zero-order valence-corrected chi connectivity index (χ0v) is 10.4. The van der Waals surface area contributed by atoms with Crippen LogP contribution >= 0.6 is 0 Å². The van der Waals surface area contributed by atoms with Gasteiger partial charge in [0.05, 0.1) is 0 Å². The van der Waals surface area contributed by atoms with Crippen LogP contribution in [0.3, 0.4) is 0 Å². The molecule has 0 rings (SSSR count). The molecule has 0 heterocycles. The van der Waals surface area contributed by atoms with Gasteiger partial charge in [-0.25, -0.2) is 0 Å². The van der Waals surface area contributed by atoms with E-state index in [2.05, 4.69) is 14.2 Å². The molecule has 0 aliphatic rings. The molecule has 0 unspecified atom stereocenters. The SMILES string of the molecule is O.[Co].[Cu].[Ni].[OH][Mn][Fe].[O]=[Ti]. The fourth-order valence-electron chi connectivity index (χ4n) is 0. The van der Waals surface area contributed by atoms with Crippen LogP contribution in [0, 0.1) is 0 Å². The normalized spacial score (nSPS) is 2.33. The molecule has 9 heteroatoms. The maximum absolute atomic E-state index is 8.25. The Morgan fingerprint density at radius 1 is 1.44 bits per heavy atom. The van der Waals surface area contributed by atoms with Crippen LogP contribution < -0.4 is 0 Å². The second-order valence-electron chi connectivity index (χ2n) is 0.0598. The molecule has 3 nitrogen and oxygen atoms in total. The van der Waals surface area contributed by atoms with Crippen molar-refractivity contribution in [1.29, 1.82) is 0 Å². The second kappa shape index (κ2) is 68.9. The van der Waals surface area contributed by atoms with Crippen LogP contribution in [0.1, 0.15) is 0 Å². The first kappa shape index (κ1) is 40.4. The van der Waals surface area contributed by atoms with Crippen LogP contribution in [0.15, 0.2) is 0 Å². The molecule has 0 saturated heterocycles. The molecule has 9 heavy (non-hydrogen) atoms. The summed E-state index contributed by atoms with van der Waals surface area (Å²) in [5.74, 6) is 0.